The van der Waals surface area contributed by atoms with E-state index in [-0.39, 0.29) is 16.7 Å². The van der Waals surface area contributed by atoms with Crippen LogP contribution in [0.4, 0.5) is 0 Å². The molecule has 108 valence electrons. The lowest BCUT2D eigenvalue weighted by molar-refractivity contribution is 0.371. The number of fused-ring (bicyclic) bond motifs is 1. The van der Waals surface area contributed by atoms with Crippen molar-refractivity contribution < 1.29 is 15.3 Å². The molecule has 1 aromatic carbocycles. The third-order valence-corrected chi connectivity index (χ3v) is 3.17. The Bertz CT molecular complexity index is 926. The van der Waals surface area contributed by atoms with Crippen LogP contribution < -0.4 is 5.56 Å². The maximum absolute atomic E-state index is 12.1. The molecule has 0 aliphatic carbocycles. The predicted octanol–water partition coefficient (Wildman–Crippen LogP) is 0.749. The second kappa shape index (κ2) is 4.23. The molecule has 0 saturated heterocycles. The number of aromatic amines is 1. The molecular weight excluding hydrogens is 276 g/mol. The van der Waals surface area contributed by atoms with E-state index in [1.807, 2.05) is 0 Å². The molecular formula is C13H12N4O4. The van der Waals surface area contributed by atoms with Crippen molar-refractivity contribution in [2.24, 2.45) is 7.05 Å². The van der Waals surface area contributed by atoms with Crippen LogP contribution in [-0.4, -0.2) is 35.1 Å². The summed E-state index contributed by atoms with van der Waals surface area (Å²) in [5.74, 6) is -1.75. The SMILES string of the molecule is Cc1cc(-c2nc3cc(O)c(O)c(O)c3c(=O)[nH]2)n(C)n1. The molecule has 0 aliphatic heterocycles. The zero-order valence-electron chi connectivity index (χ0n) is 11.2. The molecule has 2 heterocycles. The Balaban J connectivity index is 2.37. The molecule has 8 nitrogen and oxygen atoms in total. The van der Waals surface area contributed by atoms with E-state index in [9.17, 15) is 20.1 Å². The maximum atomic E-state index is 12.1. The Morgan fingerprint density at radius 1 is 1.19 bits per heavy atom. The van der Waals surface area contributed by atoms with Crippen LogP contribution in [0.2, 0.25) is 0 Å². The van der Waals surface area contributed by atoms with Crippen molar-refractivity contribution in [3.63, 3.8) is 0 Å². The number of phenols is 3. The Morgan fingerprint density at radius 3 is 2.52 bits per heavy atom. The summed E-state index contributed by atoms with van der Waals surface area (Å²) in [5, 5.41) is 32.7. The van der Waals surface area contributed by atoms with E-state index in [4.69, 9.17) is 0 Å². The van der Waals surface area contributed by atoms with Crippen LogP contribution in [0.15, 0.2) is 16.9 Å². The number of rotatable bonds is 1. The molecule has 0 fully saturated rings. The number of aromatic nitrogens is 4. The van der Waals surface area contributed by atoms with Crippen molar-refractivity contribution in [3.05, 3.63) is 28.2 Å². The van der Waals surface area contributed by atoms with E-state index in [0.717, 1.165) is 11.8 Å². The summed E-state index contributed by atoms with van der Waals surface area (Å²) in [6, 6.07) is 2.86. The number of H-pyrrole nitrogens is 1. The Labute approximate surface area is 117 Å². The Morgan fingerprint density at radius 2 is 1.90 bits per heavy atom. The summed E-state index contributed by atoms with van der Waals surface area (Å²) in [4.78, 5) is 18.8. The number of aryl methyl sites for hydroxylation is 2. The van der Waals surface area contributed by atoms with Gasteiger partial charge in [-0.3, -0.25) is 9.48 Å². The number of nitrogens with zero attached hydrogens (tertiary/aromatic N) is 3. The number of hydrogen-bond acceptors (Lipinski definition) is 6. The monoisotopic (exact) mass is 288 g/mol. The first-order valence-electron chi connectivity index (χ1n) is 6.07. The van der Waals surface area contributed by atoms with E-state index in [1.165, 1.54) is 0 Å². The van der Waals surface area contributed by atoms with Crippen LogP contribution in [0, 0.1) is 6.92 Å². The van der Waals surface area contributed by atoms with E-state index < -0.39 is 22.8 Å². The first kappa shape index (κ1) is 13.0. The van der Waals surface area contributed by atoms with Gasteiger partial charge in [-0.1, -0.05) is 0 Å². The molecule has 4 N–H and O–H groups in total. The lowest BCUT2D eigenvalue weighted by Crippen LogP contribution is -2.11. The van der Waals surface area contributed by atoms with Crippen LogP contribution >= 0.6 is 0 Å². The largest absolute Gasteiger partial charge is 0.504 e. The molecule has 2 aromatic heterocycles. The van der Waals surface area contributed by atoms with Gasteiger partial charge in [0, 0.05) is 13.1 Å². The van der Waals surface area contributed by atoms with Crippen molar-refractivity contribution in [2.45, 2.75) is 6.92 Å². The van der Waals surface area contributed by atoms with Crippen molar-refractivity contribution in [2.75, 3.05) is 0 Å². The van der Waals surface area contributed by atoms with Crippen LogP contribution in [-0.2, 0) is 7.05 Å². The first-order valence-corrected chi connectivity index (χ1v) is 6.07. The highest BCUT2D eigenvalue weighted by Crippen LogP contribution is 2.39. The fourth-order valence-electron chi connectivity index (χ4n) is 2.22. The lowest BCUT2D eigenvalue weighted by Gasteiger charge is -2.07. The quantitative estimate of drug-likeness (QED) is 0.490. The minimum Gasteiger partial charge on any atom is -0.504 e. The van der Waals surface area contributed by atoms with Crippen molar-refractivity contribution in [1.82, 2.24) is 19.7 Å². The number of benzene rings is 1. The highest BCUT2D eigenvalue weighted by atomic mass is 16.3. The van der Waals surface area contributed by atoms with Gasteiger partial charge in [-0.05, 0) is 13.0 Å². The summed E-state index contributed by atoms with van der Waals surface area (Å²) < 4.78 is 1.56. The Kier molecular flexibility index (Phi) is 2.62. The summed E-state index contributed by atoms with van der Waals surface area (Å²) in [5.41, 5.74) is 0.784. The van der Waals surface area contributed by atoms with Gasteiger partial charge in [0.2, 0.25) is 5.75 Å². The van der Waals surface area contributed by atoms with E-state index in [0.29, 0.717) is 5.69 Å². The molecule has 0 amide bonds. The van der Waals surface area contributed by atoms with Crippen molar-refractivity contribution in [3.8, 4) is 28.8 Å². The highest BCUT2D eigenvalue weighted by molar-refractivity contribution is 5.89. The third-order valence-electron chi connectivity index (χ3n) is 3.17. The normalized spacial score (nSPS) is 11.1. The maximum Gasteiger partial charge on any atom is 0.263 e. The van der Waals surface area contributed by atoms with Gasteiger partial charge in [0.05, 0.1) is 11.2 Å². The zero-order valence-corrected chi connectivity index (χ0v) is 11.2. The molecule has 0 saturated carbocycles. The molecule has 8 heteroatoms. The third kappa shape index (κ3) is 1.88. The van der Waals surface area contributed by atoms with Gasteiger partial charge in [-0.25, -0.2) is 4.98 Å². The average molecular weight is 288 g/mol. The van der Waals surface area contributed by atoms with Crippen molar-refractivity contribution in [1.29, 1.82) is 0 Å². The highest BCUT2D eigenvalue weighted by Gasteiger charge is 2.17. The van der Waals surface area contributed by atoms with Gasteiger partial charge in [-0.2, -0.15) is 5.10 Å². The van der Waals surface area contributed by atoms with Gasteiger partial charge < -0.3 is 20.3 Å². The number of hydrogen-bond donors (Lipinski definition) is 4. The molecule has 0 bridgehead atoms. The molecule has 0 radical (unpaired) electrons. The topological polar surface area (TPSA) is 124 Å². The van der Waals surface area contributed by atoms with E-state index in [2.05, 4.69) is 15.1 Å². The minimum absolute atomic E-state index is 0.0698. The first-order chi connectivity index (χ1) is 9.88. The van der Waals surface area contributed by atoms with Crippen LogP contribution in [0.25, 0.3) is 22.4 Å². The van der Waals surface area contributed by atoms with E-state index in [1.54, 1.807) is 24.7 Å². The smallest absolute Gasteiger partial charge is 0.263 e. The second-order valence-corrected chi connectivity index (χ2v) is 4.70. The van der Waals surface area contributed by atoms with Crippen LogP contribution in [0.1, 0.15) is 5.69 Å². The van der Waals surface area contributed by atoms with E-state index >= 15 is 0 Å². The number of phenolic OH excluding ortho intramolecular Hbond substituents is 3. The fourth-order valence-corrected chi connectivity index (χ4v) is 2.22. The lowest BCUT2D eigenvalue weighted by atomic mass is 10.2. The van der Waals surface area contributed by atoms with Gasteiger partial charge in [0.25, 0.3) is 5.56 Å². The summed E-state index contributed by atoms with van der Waals surface area (Å²) in [6.07, 6.45) is 0. The Hall–Kier alpha value is -3.03. The predicted molar refractivity (Wildman–Crippen MR) is 74.3 cm³/mol. The van der Waals surface area contributed by atoms with Gasteiger partial charge in [-0.15, -0.1) is 0 Å². The van der Waals surface area contributed by atoms with Gasteiger partial charge in [0.15, 0.2) is 17.3 Å². The molecule has 3 aromatic rings. The zero-order chi connectivity index (χ0) is 15.3. The number of aromatic hydroxyl groups is 3. The number of nitrogens with one attached hydrogen (secondary N) is 1. The molecule has 21 heavy (non-hydrogen) atoms. The van der Waals surface area contributed by atoms with Gasteiger partial charge in [0.1, 0.15) is 11.1 Å². The summed E-state index contributed by atoms with van der Waals surface area (Å²) >= 11 is 0. The molecule has 0 aliphatic rings. The minimum atomic E-state index is -0.751. The van der Waals surface area contributed by atoms with Crippen LogP contribution in [0.3, 0.4) is 0 Å². The molecule has 0 spiro atoms. The summed E-state index contributed by atoms with van der Waals surface area (Å²) in [6.45, 7) is 1.80. The molecule has 3 rings (SSSR count). The second-order valence-electron chi connectivity index (χ2n) is 4.70. The van der Waals surface area contributed by atoms with Gasteiger partial charge >= 0.3 is 0 Å². The van der Waals surface area contributed by atoms with Crippen LogP contribution in [0.5, 0.6) is 17.2 Å². The standard InChI is InChI=1S/C13H12N4O4/c1-5-3-7(17(2)16-5)12-14-6-4-8(18)10(19)11(20)9(6)13(21)15-12/h3-4,18-20H,1-2H3,(H,14,15,21). The summed E-state index contributed by atoms with van der Waals surface area (Å²) in [7, 11) is 1.71. The fraction of sp³-hybridized carbons (Fsp3) is 0.154. The van der Waals surface area contributed by atoms with Crippen molar-refractivity contribution >= 4 is 10.9 Å². The average Bonchev–Trinajstić information content (AvgIpc) is 2.74. The molecule has 0 atom stereocenters. The molecule has 0 unspecified atom stereocenters.